The van der Waals surface area contributed by atoms with E-state index in [1.807, 2.05) is 13.8 Å². The Morgan fingerprint density at radius 1 is 1.19 bits per heavy atom. The van der Waals surface area contributed by atoms with Crippen LogP contribution < -0.4 is 4.72 Å². The number of aryl methyl sites for hydroxylation is 2. The Kier molecular flexibility index (Phi) is 6.63. The van der Waals surface area contributed by atoms with E-state index in [-0.39, 0.29) is 5.75 Å². The minimum atomic E-state index is -3.38. The fraction of sp³-hybridized carbons (Fsp3) is 0.500. The molecule has 0 unspecified atom stereocenters. The molecule has 0 spiro atoms. The maximum atomic E-state index is 12.3. The molecule has 0 aliphatic carbocycles. The maximum Gasteiger partial charge on any atom is 0.215 e. The second kappa shape index (κ2) is 8.78. The van der Waals surface area contributed by atoms with E-state index in [4.69, 9.17) is 16.0 Å². The molecule has 1 aromatic carbocycles. The molecule has 1 aliphatic heterocycles. The number of hydrogen-bond donors (Lipinski definition) is 1. The second-order valence-electron chi connectivity index (χ2n) is 7.36. The van der Waals surface area contributed by atoms with E-state index in [1.165, 1.54) is 5.56 Å². The minimum absolute atomic E-state index is 0.0787. The summed E-state index contributed by atoms with van der Waals surface area (Å²) in [6.45, 7) is 7.31. The van der Waals surface area contributed by atoms with Crippen LogP contribution in [0.3, 0.4) is 0 Å². The molecule has 0 saturated carbocycles. The van der Waals surface area contributed by atoms with Crippen LogP contribution in [0.4, 0.5) is 0 Å². The Morgan fingerprint density at radius 2 is 1.89 bits per heavy atom. The van der Waals surface area contributed by atoms with Crippen molar-refractivity contribution in [2.45, 2.75) is 39.0 Å². The molecule has 5 nitrogen and oxygen atoms in total. The Hall–Kier alpha value is -1.34. The zero-order valence-corrected chi connectivity index (χ0v) is 17.4. The first-order valence-corrected chi connectivity index (χ1v) is 11.3. The number of nitrogens with zero attached hydrogens (tertiary/aromatic N) is 1. The molecule has 1 aromatic heterocycles. The van der Waals surface area contributed by atoms with Gasteiger partial charge in [0.15, 0.2) is 0 Å². The van der Waals surface area contributed by atoms with Crippen LogP contribution in [0.2, 0.25) is 5.02 Å². The van der Waals surface area contributed by atoms with Crippen LogP contribution in [0, 0.1) is 19.8 Å². The summed E-state index contributed by atoms with van der Waals surface area (Å²) in [6, 6.07) is 9.16. The lowest BCUT2D eigenvalue weighted by Crippen LogP contribution is -2.38. The molecule has 2 heterocycles. The molecular weight excluding hydrogens is 384 g/mol. The third-order valence-corrected chi connectivity index (χ3v) is 6.81. The number of sulfonamides is 1. The van der Waals surface area contributed by atoms with Crippen LogP contribution >= 0.6 is 11.6 Å². The predicted octanol–water partition coefficient (Wildman–Crippen LogP) is 3.88. The number of halogens is 1. The topological polar surface area (TPSA) is 62.6 Å². The molecule has 2 aromatic rings. The Bertz CT molecular complexity index is 871. The molecule has 7 heteroatoms. The van der Waals surface area contributed by atoms with Crippen LogP contribution in [0.5, 0.6) is 0 Å². The van der Waals surface area contributed by atoms with E-state index in [1.54, 1.807) is 24.3 Å². The average Bonchev–Trinajstić information content (AvgIpc) is 2.93. The van der Waals surface area contributed by atoms with Crippen LogP contribution in [0.1, 0.15) is 35.5 Å². The van der Waals surface area contributed by atoms with E-state index < -0.39 is 10.0 Å². The van der Waals surface area contributed by atoms with E-state index in [0.29, 0.717) is 23.0 Å². The normalized spacial score (nSPS) is 16.7. The highest BCUT2D eigenvalue weighted by Crippen LogP contribution is 2.22. The van der Waals surface area contributed by atoms with Gasteiger partial charge in [-0.25, -0.2) is 13.1 Å². The summed E-state index contributed by atoms with van der Waals surface area (Å²) < 4.78 is 33.1. The molecule has 1 aliphatic rings. The van der Waals surface area contributed by atoms with Gasteiger partial charge in [-0.05, 0) is 63.4 Å². The van der Waals surface area contributed by atoms with Crippen molar-refractivity contribution >= 4 is 21.6 Å². The highest BCUT2D eigenvalue weighted by atomic mass is 35.5. The highest BCUT2D eigenvalue weighted by molar-refractivity contribution is 7.88. The van der Waals surface area contributed by atoms with Gasteiger partial charge in [-0.15, -0.1) is 0 Å². The third-order valence-electron chi connectivity index (χ3n) is 5.14. The maximum absolute atomic E-state index is 12.3. The SMILES string of the molecule is Cc1cc(CN2CCC(CNS(=O)(=O)Cc3ccccc3Cl)CC2)c(C)o1. The summed E-state index contributed by atoms with van der Waals surface area (Å²) >= 11 is 6.07. The number of piperidine rings is 1. The Morgan fingerprint density at radius 3 is 2.52 bits per heavy atom. The number of likely N-dealkylation sites (tertiary alicyclic amines) is 1. The summed E-state index contributed by atoms with van der Waals surface area (Å²) in [4.78, 5) is 2.41. The van der Waals surface area contributed by atoms with Gasteiger partial charge in [0.25, 0.3) is 0 Å². The largest absolute Gasteiger partial charge is 0.466 e. The summed E-state index contributed by atoms with van der Waals surface area (Å²) in [7, 11) is -3.38. The first kappa shape index (κ1) is 20.4. The van der Waals surface area contributed by atoms with Crippen molar-refractivity contribution < 1.29 is 12.8 Å². The summed E-state index contributed by atoms with van der Waals surface area (Å²) in [5, 5.41) is 0.487. The predicted molar refractivity (Wildman–Crippen MR) is 108 cm³/mol. The molecule has 27 heavy (non-hydrogen) atoms. The Labute approximate surface area is 166 Å². The van der Waals surface area contributed by atoms with Gasteiger partial charge in [0, 0.05) is 23.7 Å². The first-order valence-electron chi connectivity index (χ1n) is 9.31. The molecule has 0 atom stereocenters. The molecule has 3 rings (SSSR count). The van der Waals surface area contributed by atoms with E-state index in [9.17, 15) is 8.42 Å². The molecule has 1 fully saturated rings. The molecule has 0 amide bonds. The zero-order valence-electron chi connectivity index (χ0n) is 15.9. The van der Waals surface area contributed by atoms with Crippen molar-refractivity contribution in [3.8, 4) is 0 Å². The zero-order chi connectivity index (χ0) is 19.4. The van der Waals surface area contributed by atoms with Crippen LogP contribution in [-0.2, 0) is 22.3 Å². The second-order valence-corrected chi connectivity index (χ2v) is 9.57. The summed E-state index contributed by atoms with van der Waals surface area (Å²) in [5.74, 6) is 2.23. The highest BCUT2D eigenvalue weighted by Gasteiger charge is 2.22. The van der Waals surface area contributed by atoms with Gasteiger partial charge in [0.05, 0.1) is 5.75 Å². The Balaban J connectivity index is 1.45. The van der Waals surface area contributed by atoms with Gasteiger partial charge in [-0.2, -0.15) is 0 Å². The van der Waals surface area contributed by atoms with E-state index in [0.717, 1.165) is 44.0 Å². The number of nitrogens with one attached hydrogen (secondary N) is 1. The van der Waals surface area contributed by atoms with E-state index in [2.05, 4.69) is 15.7 Å². The number of rotatable bonds is 7. The number of benzene rings is 1. The van der Waals surface area contributed by atoms with Crippen molar-refractivity contribution in [3.63, 3.8) is 0 Å². The molecule has 0 radical (unpaired) electrons. The van der Waals surface area contributed by atoms with Gasteiger partial charge >= 0.3 is 0 Å². The fourth-order valence-corrected chi connectivity index (χ4v) is 5.08. The quantitative estimate of drug-likeness (QED) is 0.752. The smallest absolute Gasteiger partial charge is 0.215 e. The number of hydrogen-bond acceptors (Lipinski definition) is 4. The summed E-state index contributed by atoms with van der Waals surface area (Å²) in [6.07, 6.45) is 1.98. The van der Waals surface area contributed by atoms with Gasteiger partial charge in [-0.3, -0.25) is 4.90 Å². The van der Waals surface area contributed by atoms with Crippen LogP contribution in [0.15, 0.2) is 34.7 Å². The summed E-state index contributed by atoms with van der Waals surface area (Å²) in [5.41, 5.74) is 1.87. The standard InChI is InChI=1S/C20H27ClN2O3S/c1-15-11-19(16(2)26-15)13-23-9-7-17(8-10-23)12-22-27(24,25)14-18-5-3-4-6-20(18)21/h3-6,11,17,22H,7-10,12-14H2,1-2H3. The van der Waals surface area contributed by atoms with Crippen molar-refractivity contribution in [1.82, 2.24) is 9.62 Å². The van der Waals surface area contributed by atoms with Crippen LogP contribution in [-0.4, -0.2) is 33.0 Å². The van der Waals surface area contributed by atoms with Crippen molar-refractivity contribution in [2.24, 2.45) is 5.92 Å². The third kappa shape index (κ3) is 5.82. The minimum Gasteiger partial charge on any atom is -0.466 e. The number of furan rings is 1. The van der Waals surface area contributed by atoms with Crippen LogP contribution in [0.25, 0.3) is 0 Å². The molecule has 148 valence electrons. The van der Waals surface area contributed by atoms with Gasteiger partial charge in [0.1, 0.15) is 11.5 Å². The van der Waals surface area contributed by atoms with Gasteiger partial charge in [-0.1, -0.05) is 29.8 Å². The van der Waals surface area contributed by atoms with Crippen molar-refractivity contribution in [1.29, 1.82) is 0 Å². The van der Waals surface area contributed by atoms with E-state index >= 15 is 0 Å². The van der Waals surface area contributed by atoms with Crippen molar-refractivity contribution in [2.75, 3.05) is 19.6 Å². The molecule has 1 N–H and O–H groups in total. The van der Waals surface area contributed by atoms with Gasteiger partial charge in [0.2, 0.25) is 10.0 Å². The first-order chi connectivity index (χ1) is 12.8. The average molecular weight is 411 g/mol. The lowest BCUT2D eigenvalue weighted by atomic mass is 9.97. The monoisotopic (exact) mass is 410 g/mol. The molecular formula is C20H27ClN2O3S. The molecule has 1 saturated heterocycles. The van der Waals surface area contributed by atoms with Crippen molar-refractivity contribution in [3.05, 3.63) is 58.0 Å². The fourth-order valence-electron chi connectivity index (χ4n) is 3.55. The lowest BCUT2D eigenvalue weighted by molar-refractivity contribution is 0.178. The molecule has 0 bridgehead atoms. The van der Waals surface area contributed by atoms with Gasteiger partial charge < -0.3 is 4.42 Å². The lowest BCUT2D eigenvalue weighted by Gasteiger charge is -2.31.